The van der Waals surface area contributed by atoms with Gasteiger partial charge in [0.25, 0.3) is 0 Å². The van der Waals surface area contributed by atoms with Gasteiger partial charge in [-0.05, 0) is 61.8 Å². The molecule has 0 spiro atoms. The topological polar surface area (TPSA) is 62.3 Å². The minimum absolute atomic E-state index is 0.00740. The third-order valence-corrected chi connectivity index (χ3v) is 6.60. The van der Waals surface area contributed by atoms with Crippen molar-refractivity contribution >= 4 is 34.8 Å². The van der Waals surface area contributed by atoms with E-state index < -0.39 is 0 Å². The molecule has 0 aliphatic heterocycles. The van der Waals surface area contributed by atoms with E-state index >= 15 is 0 Å². The van der Waals surface area contributed by atoms with Crippen LogP contribution in [0.4, 0.5) is 11.4 Å². The lowest BCUT2D eigenvalue weighted by atomic mass is 9.87. The molecule has 31 heavy (non-hydrogen) atoms. The number of anilines is 2. The Morgan fingerprint density at radius 3 is 2.45 bits per heavy atom. The standard InChI is InChI=1S/C25H30ClN3O2/c1-17(30)29(16-19-7-8-19)24-12-9-20(14-22(24)26)23-11-10-21(15-27-23)28-25(31)13-18-5-3-2-4-6-18/h9-12,14-15,18-19H,2-8,13,16H2,1H3,(H,28,31). The first-order chi connectivity index (χ1) is 15.0. The van der Waals surface area contributed by atoms with E-state index in [2.05, 4.69) is 10.3 Å². The Morgan fingerprint density at radius 2 is 1.84 bits per heavy atom. The number of amides is 2. The van der Waals surface area contributed by atoms with Crippen molar-refractivity contribution in [1.82, 2.24) is 4.98 Å². The van der Waals surface area contributed by atoms with Crippen molar-refractivity contribution in [3.8, 4) is 11.3 Å². The second kappa shape index (κ2) is 9.82. The molecule has 5 nitrogen and oxygen atoms in total. The largest absolute Gasteiger partial charge is 0.325 e. The van der Waals surface area contributed by atoms with Gasteiger partial charge in [0, 0.05) is 25.5 Å². The molecule has 164 valence electrons. The smallest absolute Gasteiger partial charge is 0.224 e. The quantitative estimate of drug-likeness (QED) is 0.569. The van der Waals surface area contributed by atoms with Crippen molar-refractivity contribution in [2.24, 2.45) is 11.8 Å². The van der Waals surface area contributed by atoms with Crippen LogP contribution < -0.4 is 10.2 Å². The maximum Gasteiger partial charge on any atom is 0.224 e. The average molecular weight is 440 g/mol. The molecule has 2 aliphatic carbocycles. The summed E-state index contributed by atoms with van der Waals surface area (Å²) >= 11 is 6.54. The van der Waals surface area contributed by atoms with Gasteiger partial charge in [-0.25, -0.2) is 0 Å². The van der Waals surface area contributed by atoms with E-state index in [4.69, 9.17) is 11.6 Å². The van der Waals surface area contributed by atoms with E-state index in [1.54, 1.807) is 18.0 Å². The molecule has 6 heteroatoms. The van der Waals surface area contributed by atoms with Crippen LogP contribution in [-0.4, -0.2) is 23.3 Å². The molecule has 1 aromatic carbocycles. The normalized spacial score (nSPS) is 16.7. The van der Waals surface area contributed by atoms with Crippen molar-refractivity contribution < 1.29 is 9.59 Å². The van der Waals surface area contributed by atoms with E-state index in [1.807, 2.05) is 30.3 Å². The molecule has 0 radical (unpaired) electrons. The molecule has 0 bridgehead atoms. The predicted octanol–water partition coefficient (Wildman–Crippen LogP) is 6.07. The number of carbonyl (C=O) groups is 2. The lowest BCUT2D eigenvalue weighted by Gasteiger charge is -2.22. The number of aromatic nitrogens is 1. The van der Waals surface area contributed by atoms with Gasteiger partial charge in [0.05, 0.1) is 28.3 Å². The first-order valence-corrected chi connectivity index (χ1v) is 11.7. The van der Waals surface area contributed by atoms with Gasteiger partial charge in [0.1, 0.15) is 0 Å². The van der Waals surface area contributed by atoms with Gasteiger partial charge in [0.2, 0.25) is 11.8 Å². The number of carbonyl (C=O) groups excluding carboxylic acids is 2. The molecule has 2 amide bonds. The molecule has 0 unspecified atom stereocenters. The summed E-state index contributed by atoms with van der Waals surface area (Å²) in [6, 6.07) is 9.44. The van der Waals surface area contributed by atoms with Gasteiger partial charge in [0.15, 0.2) is 0 Å². The summed E-state index contributed by atoms with van der Waals surface area (Å²) in [6.45, 7) is 2.30. The van der Waals surface area contributed by atoms with E-state index in [0.717, 1.165) is 36.3 Å². The molecular formula is C25H30ClN3O2. The summed E-state index contributed by atoms with van der Waals surface area (Å²) < 4.78 is 0. The number of hydrogen-bond donors (Lipinski definition) is 1. The zero-order valence-electron chi connectivity index (χ0n) is 18.1. The van der Waals surface area contributed by atoms with Crippen LogP contribution in [0.5, 0.6) is 0 Å². The van der Waals surface area contributed by atoms with Crippen LogP contribution in [-0.2, 0) is 9.59 Å². The molecule has 2 saturated carbocycles. The fourth-order valence-corrected chi connectivity index (χ4v) is 4.63. The highest BCUT2D eigenvalue weighted by Crippen LogP contribution is 2.35. The minimum atomic E-state index is 0.00740. The number of pyridine rings is 1. The number of halogens is 1. The van der Waals surface area contributed by atoms with E-state index in [1.165, 1.54) is 32.1 Å². The number of rotatable bonds is 7. The Bertz CT molecular complexity index is 934. The minimum Gasteiger partial charge on any atom is -0.325 e. The molecule has 0 saturated heterocycles. The van der Waals surface area contributed by atoms with Gasteiger partial charge in [-0.3, -0.25) is 14.6 Å². The third-order valence-electron chi connectivity index (χ3n) is 6.30. The van der Waals surface area contributed by atoms with Crippen LogP contribution in [0.3, 0.4) is 0 Å². The highest BCUT2D eigenvalue weighted by molar-refractivity contribution is 6.34. The monoisotopic (exact) mass is 439 g/mol. The van der Waals surface area contributed by atoms with E-state index in [9.17, 15) is 9.59 Å². The molecular weight excluding hydrogens is 410 g/mol. The first kappa shape index (κ1) is 21.8. The summed E-state index contributed by atoms with van der Waals surface area (Å²) in [6.07, 6.45) is 10.7. The van der Waals surface area contributed by atoms with Crippen LogP contribution >= 0.6 is 11.6 Å². The summed E-state index contributed by atoms with van der Waals surface area (Å²) in [5.41, 5.74) is 3.11. The molecule has 2 fully saturated rings. The maximum atomic E-state index is 12.3. The molecule has 0 atom stereocenters. The summed E-state index contributed by atoms with van der Waals surface area (Å²) in [4.78, 5) is 30.7. The van der Waals surface area contributed by atoms with Crippen LogP contribution in [0.15, 0.2) is 36.5 Å². The van der Waals surface area contributed by atoms with Crippen molar-refractivity contribution in [3.05, 3.63) is 41.6 Å². The number of nitrogens with one attached hydrogen (secondary N) is 1. The second-order valence-electron chi connectivity index (χ2n) is 8.93. The second-order valence-corrected chi connectivity index (χ2v) is 9.33. The zero-order valence-corrected chi connectivity index (χ0v) is 18.8. The fourth-order valence-electron chi connectivity index (χ4n) is 4.34. The lowest BCUT2D eigenvalue weighted by Crippen LogP contribution is -2.30. The molecule has 1 aromatic heterocycles. The van der Waals surface area contributed by atoms with Crippen LogP contribution in [0.25, 0.3) is 11.3 Å². The fraction of sp³-hybridized carbons (Fsp3) is 0.480. The molecule has 4 rings (SSSR count). The Kier molecular flexibility index (Phi) is 6.91. The van der Waals surface area contributed by atoms with Gasteiger partial charge >= 0.3 is 0 Å². The average Bonchev–Trinajstić information content (AvgIpc) is 3.58. The van der Waals surface area contributed by atoms with Crippen molar-refractivity contribution in [2.45, 2.75) is 58.3 Å². The highest BCUT2D eigenvalue weighted by atomic mass is 35.5. The van der Waals surface area contributed by atoms with Crippen LogP contribution in [0, 0.1) is 11.8 Å². The Morgan fingerprint density at radius 1 is 1.06 bits per heavy atom. The van der Waals surface area contributed by atoms with Gasteiger partial charge < -0.3 is 10.2 Å². The number of benzene rings is 1. The zero-order chi connectivity index (χ0) is 21.8. The van der Waals surface area contributed by atoms with Crippen molar-refractivity contribution in [3.63, 3.8) is 0 Å². The van der Waals surface area contributed by atoms with E-state index in [-0.39, 0.29) is 11.8 Å². The van der Waals surface area contributed by atoms with Crippen LogP contribution in [0.1, 0.15) is 58.3 Å². The maximum absolute atomic E-state index is 12.3. The highest BCUT2D eigenvalue weighted by Gasteiger charge is 2.27. The summed E-state index contributed by atoms with van der Waals surface area (Å²) in [5, 5.41) is 3.51. The molecule has 2 aliphatic rings. The Balaban J connectivity index is 1.40. The predicted molar refractivity (Wildman–Crippen MR) is 125 cm³/mol. The summed E-state index contributed by atoms with van der Waals surface area (Å²) in [7, 11) is 0. The van der Waals surface area contributed by atoms with Crippen molar-refractivity contribution in [1.29, 1.82) is 0 Å². The van der Waals surface area contributed by atoms with Crippen LogP contribution in [0.2, 0.25) is 5.02 Å². The summed E-state index contributed by atoms with van der Waals surface area (Å²) in [5.74, 6) is 1.17. The number of hydrogen-bond acceptors (Lipinski definition) is 3. The Hall–Kier alpha value is -2.40. The molecule has 2 aromatic rings. The van der Waals surface area contributed by atoms with Crippen molar-refractivity contribution in [2.75, 3.05) is 16.8 Å². The first-order valence-electron chi connectivity index (χ1n) is 11.3. The Labute approximate surface area is 189 Å². The SMILES string of the molecule is CC(=O)N(CC1CC1)c1ccc(-c2ccc(NC(=O)CC3CCCCC3)cn2)cc1Cl. The van der Waals surface area contributed by atoms with Gasteiger partial charge in [-0.2, -0.15) is 0 Å². The molecule has 1 N–H and O–H groups in total. The molecule has 1 heterocycles. The van der Waals surface area contributed by atoms with Gasteiger partial charge in [-0.15, -0.1) is 0 Å². The lowest BCUT2D eigenvalue weighted by molar-refractivity contribution is -0.117. The van der Waals surface area contributed by atoms with Gasteiger partial charge in [-0.1, -0.05) is 36.9 Å². The van der Waals surface area contributed by atoms with E-state index in [0.29, 0.717) is 29.0 Å². The number of nitrogens with zero attached hydrogens (tertiary/aromatic N) is 2. The third kappa shape index (κ3) is 5.85.